The van der Waals surface area contributed by atoms with E-state index < -0.39 is 11.9 Å². The summed E-state index contributed by atoms with van der Waals surface area (Å²) < 4.78 is 0. The van der Waals surface area contributed by atoms with E-state index in [1.165, 1.54) is 18.3 Å². The zero-order valence-corrected chi connectivity index (χ0v) is 14.3. The molecule has 2 aromatic rings. The predicted octanol–water partition coefficient (Wildman–Crippen LogP) is 2.20. The number of carboxylic acids is 1. The average Bonchev–Trinajstić information content (AvgIpc) is 2.96. The van der Waals surface area contributed by atoms with Crippen molar-refractivity contribution >= 4 is 23.5 Å². The maximum Gasteiger partial charge on any atom is 0.354 e. The number of aromatic nitrogens is 1. The number of benzene rings is 1. The highest BCUT2D eigenvalue weighted by atomic mass is 16.4. The number of aryl methyl sites for hydroxylation is 1. The second kappa shape index (κ2) is 7.35. The standard InChI is InChI=1S/C19H19N3O4/c1-2-11-3-4-15-14(9-11)13(18(24)22-15)6-8-21-17(23)12-5-7-20-16(10-12)19(25)26/h3-5,7,9-10,13H,2,6,8H2,1H3,(H,21,23)(H,22,24)(H,25,26). The van der Waals surface area contributed by atoms with E-state index in [4.69, 9.17) is 5.11 Å². The fourth-order valence-electron chi connectivity index (χ4n) is 3.00. The summed E-state index contributed by atoms with van der Waals surface area (Å²) in [5, 5.41) is 14.5. The van der Waals surface area contributed by atoms with Crippen molar-refractivity contribution in [1.82, 2.24) is 10.3 Å². The van der Waals surface area contributed by atoms with Crippen LogP contribution in [-0.2, 0) is 11.2 Å². The number of nitrogens with one attached hydrogen (secondary N) is 2. The van der Waals surface area contributed by atoms with Crippen LogP contribution in [0.2, 0.25) is 0 Å². The molecule has 0 bridgehead atoms. The van der Waals surface area contributed by atoms with Crippen LogP contribution in [0, 0.1) is 0 Å². The van der Waals surface area contributed by atoms with Crippen LogP contribution >= 0.6 is 0 Å². The first kappa shape index (κ1) is 17.6. The molecule has 26 heavy (non-hydrogen) atoms. The predicted molar refractivity (Wildman–Crippen MR) is 95.3 cm³/mol. The Morgan fingerprint density at radius 2 is 2.08 bits per heavy atom. The topological polar surface area (TPSA) is 108 Å². The maximum absolute atomic E-state index is 12.2. The Morgan fingerprint density at radius 1 is 1.27 bits per heavy atom. The van der Waals surface area contributed by atoms with Gasteiger partial charge in [-0.15, -0.1) is 0 Å². The molecule has 1 aromatic carbocycles. The summed E-state index contributed by atoms with van der Waals surface area (Å²) in [6.07, 6.45) is 2.64. The Labute approximate surface area is 150 Å². The van der Waals surface area contributed by atoms with Gasteiger partial charge in [0.15, 0.2) is 0 Å². The third-order valence-electron chi connectivity index (χ3n) is 4.43. The van der Waals surface area contributed by atoms with Gasteiger partial charge >= 0.3 is 5.97 Å². The van der Waals surface area contributed by atoms with Crippen molar-refractivity contribution in [1.29, 1.82) is 0 Å². The molecule has 0 radical (unpaired) electrons. The number of pyridine rings is 1. The monoisotopic (exact) mass is 353 g/mol. The van der Waals surface area contributed by atoms with E-state index in [-0.39, 0.29) is 23.1 Å². The molecule has 0 saturated carbocycles. The summed E-state index contributed by atoms with van der Waals surface area (Å²) in [5.41, 5.74) is 2.98. The minimum Gasteiger partial charge on any atom is -0.477 e. The number of carbonyl (C=O) groups is 3. The first-order valence-corrected chi connectivity index (χ1v) is 8.40. The highest BCUT2D eigenvalue weighted by Crippen LogP contribution is 2.35. The number of anilines is 1. The molecule has 0 saturated heterocycles. The second-order valence-electron chi connectivity index (χ2n) is 6.10. The van der Waals surface area contributed by atoms with Gasteiger partial charge in [-0.05, 0) is 42.2 Å². The van der Waals surface area contributed by atoms with Crippen molar-refractivity contribution in [3.05, 3.63) is 58.9 Å². The molecule has 7 heteroatoms. The molecule has 1 aromatic heterocycles. The lowest BCUT2D eigenvalue weighted by Crippen LogP contribution is -2.27. The number of rotatable bonds is 6. The van der Waals surface area contributed by atoms with E-state index in [1.54, 1.807) is 0 Å². The van der Waals surface area contributed by atoms with Gasteiger partial charge in [-0.3, -0.25) is 9.59 Å². The summed E-state index contributed by atoms with van der Waals surface area (Å²) in [5.74, 6) is -1.95. The number of hydrogen-bond acceptors (Lipinski definition) is 4. The SMILES string of the molecule is CCc1ccc2c(c1)C(CCNC(=O)c1ccnc(C(=O)O)c1)C(=O)N2. The fraction of sp³-hybridized carbons (Fsp3) is 0.263. The van der Waals surface area contributed by atoms with E-state index in [0.717, 1.165) is 23.2 Å². The van der Waals surface area contributed by atoms with Crippen LogP contribution in [0.25, 0.3) is 0 Å². The molecule has 134 valence electrons. The van der Waals surface area contributed by atoms with Gasteiger partial charge in [-0.1, -0.05) is 19.1 Å². The number of aromatic carboxylic acids is 1. The van der Waals surface area contributed by atoms with Gasteiger partial charge in [0, 0.05) is 24.0 Å². The highest BCUT2D eigenvalue weighted by molar-refractivity contribution is 6.03. The summed E-state index contributed by atoms with van der Waals surface area (Å²) >= 11 is 0. The Bertz CT molecular complexity index is 879. The number of nitrogens with zero attached hydrogens (tertiary/aromatic N) is 1. The third kappa shape index (κ3) is 3.56. The first-order chi connectivity index (χ1) is 12.5. The van der Waals surface area contributed by atoms with E-state index in [1.807, 2.05) is 18.2 Å². The van der Waals surface area contributed by atoms with Crippen molar-refractivity contribution < 1.29 is 19.5 Å². The zero-order valence-electron chi connectivity index (χ0n) is 14.3. The highest BCUT2D eigenvalue weighted by Gasteiger charge is 2.30. The van der Waals surface area contributed by atoms with Crippen LogP contribution in [0.3, 0.4) is 0 Å². The average molecular weight is 353 g/mol. The molecule has 1 atom stereocenters. The van der Waals surface area contributed by atoms with Crippen molar-refractivity contribution in [3.8, 4) is 0 Å². The molecule has 0 aliphatic carbocycles. The lowest BCUT2D eigenvalue weighted by Gasteiger charge is -2.11. The smallest absolute Gasteiger partial charge is 0.354 e. The van der Waals surface area contributed by atoms with Crippen molar-refractivity contribution in [2.75, 3.05) is 11.9 Å². The molecule has 0 fully saturated rings. The summed E-state index contributed by atoms with van der Waals surface area (Å²) in [6.45, 7) is 2.36. The van der Waals surface area contributed by atoms with Crippen LogP contribution in [0.5, 0.6) is 0 Å². The van der Waals surface area contributed by atoms with E-state index in [0.29, 0.717) is 13.0 Å². The molecule has 1 aliphatic rings. The third-order valence-corrected chi connectivity index (χ3v) is 4.43. The summed E-state index contributed by atoms with van der Waals surface area (Å²) in [7, 11) is 0. The quantitative estimate of drug-likeness (QED) is 0.738. The fourth-order valence-corrected chi connectivity index (χ4v) is 3.00. The van der Waals surface area contributed by atoms with Crippen molar-refractivity contribution in [2.45, 2.75) is 25.7 Å². The van der Waals surface area contributed by atoms with E-state index in [2.05, 4.69) is 22.5 Å². The lowest BCUT2D eigenvalue weighted by atomic mass is 9.95. The molecule has 2 amide bonds. The number of hydrogen-bond donors (Lipinski definition) is 3. The molecule has 0 spiro atoms. The lowest BCUT2D eigenvalue weighted by molar-refractivity contribution is -0.117. The van der Waals surface area contributed by atoms with Gasteiger partial charge in [0.1, 0.15) is 5.69 Å². The molecular weight excluding hydrogens is 334 g/mol. The largest absolute Gasteiger partial charge is 0.477 e. The maximum atomic E-state index is 12.2. The Hall–Kier alpha value is -3.22. The molecule has 1 unspecified atom stereocenters. The number of fused-ring (bicyclic) bond motifs is 1. The molecule has 3 N–H and O–H groups in total. The minimum atomic E-state index is -1.19. The van der Waals surface area contributed by atoms with Gasteiger partial charge in [0.2, 0.25) is 5.91 Å². The van der Waals surface area contributed by atoms with Crippen LogP contribution in [0.4, 0.5) is 5.69 Å². The van der Waals surface area contributed by atoms with Crippen LogP contribution in [-0.4, -0.2) is 34.4 Å². The van der Waals surface area contributed by atoms with Crippen molar-refractivity contribution in [2.24, 2.45) is 0 Å². The van der Waals surface area contributed by atoms with Gasteiger partial charge in [-0.2, -0.15) is 0 Å². The molecule has 1 aliphatic heterocycles. The second-order valence-corrected chi connectivity index (χ2v) is 6.10. The van der Waals surface area contributed by atoms with Crippen LogP contribution < -0.4 is 10.6 Å². The van der Waals surface area contributed by atoms with Gasteiger partial charge in [0.25, 0.3) is 5.91 Å². The summed E-state index contributed by atoms with van der Waals surface area (Å²) in [4.78, 5) is 39.0. The van der Waals surface area contributed by atoms with Crippen LogP contribution in [0.15, 0.2) is 36.5 Å². The van der Waals surface area contributed by atoms with Gasteiger partial charge in [0.05, 0.1) is 5.92 Å². The number of carbonyl (C=O) groups excluding carboxylic acids is 2. The zero-order chi connectivity index (χ0) is 18.7. The van der Waals surface area contributed by atoms with Crippen molar-refractivity contribution in [3.63, 3.8) is 0 Å². The summed E-state index contributed by atoms with van der Waals surface area (Å²) in [6, 6.07) is 8.61. The van der Waals surface area contributed by atoms with Gasteiger partial charge in [-0.25, -0.2) is 9.78 Å². The number of amides is 2. The van der Waals surface area contributed by atoms with Crippen LogP contribution in [0.1, 0.15) is 51.2 Å². The first-order valence-electron chi connectivity index (χ1n) is 8.40. The molecule has 3 rings (SSSR count). The van der Waals surface area contributed by atoms with Gasteiger partial charge < -0.3 is 15.7 Å². The molecular formula is C19H19N3O4. The molecule has 7 nitrogen and oxygen atoms in total. The Morgan fingerprint density at radius 3 is 2.81 bits per heavy atom. The normalized spacial score (nSPS) is 15.3. The molecule has 2 heterocycles. The van der Waals surface area contributed by atoms with E-state index >= 15 is 0 Å². The minimum absolute atomic E-state index is 0.0698. The Balaban J connectivity index is 1.64. The Kier molecular flexibility index (Phi) is 4.97. The van der Waals surface area contributed by atoms with E-state index in [9.17, 15) is 14.4 Å². The number of carboxylic acid groups (broad SMARTS) is 1.